The first-order valence-corrected chi connectivity index (χ1v) is 7.55. The summed E-state index contributed by atoms with van der Waals surface area (Å²) in [7, 11) is -3.77. The van der Waals surface area contributed by atoms with Crippen LogP contribution < -0.4 is 0 Å². The van der Waals surface area contributed by atoms with Gasteiger partial charge in [0.05, 0.1) is 10.6 Å². The highest BCUT2D eigenvalue weighted by Crippen LogP contribution is 2.41. The molecule has 0 saturated carbocycles. The van der Waals surface area contributed by atoms with Crippen LogP contribution >= 0.6 is 11.8 Å². The lowest BCUT2D eigenvalue weighted by Crippen LogP contribution is -2.08. The molecule has 0 radical (unpaired) electrons. The Morgan fingerprint density at radius 3 is 2.63 bits per heavy atom. The van der Waals surface area contributed by atoms with E-state index in [4.69, 9.17) is 4.42 Å². The van der Waals surface area contributed by atoms with Crippen molar-refractivity contribution in [3.8, 4) is 0 Å². The number of aromatic nitrogens is 1. The molecule has 0 fully saturated rings. The highest BCUT2D eigenvalue weighted by Gasteiger charge is 2.33. The molecule has 0 N–H and O–H groups in total. The van der Waals surface area contributed by atoms with E-state index >= 15 is 0 Å². The molecule has 0 unspecified atom stereocenters. The fourth-order valence-electron chi connectivity index (χ4n) is 1.47. The third kappa shape index (κ3) is 3.03. The van der Waals surface area contributed by atoms with Crippen molar-refractivity contribution < 1.29 is 26.0 Å². The van der Waals surface area contributed by atoms with Gasteiger partial charge in [0.2, 0.25) is 0 Å². The standard InChI is InChI=1S/C10H8F3NO3S2/c1-2-19(15,16)9-3-6-7(17-5-14-6)4-8(9)18-10(11,12)13/h3-5H,2H2,1H3. The number of nitrogens with zero attached hydrogens (tertiary/aromatic N) is 1. The third-order valence-corrected chi connectivity index (χ3v) is 5.02. The molecule has 0 atom stereocenters. The molecule has 0 spiro atoms. The first-order chi connectivity index (χ1) is 8.73. The van der Waals surface area contributed by atoms with Crippen LogP contribution in [0.5, 0.6) is 0 Å². The predicted molar refractivity (Wildman–Crippen MR) is 63.6 cm³/mol. The summed E-state index contributed by atoms with van der Waals surface area (Å²) in [5, 5.41) is 0. The van der Waals surface area contributed by atoms with Crippen LogP contribution in [0.25, 0.3) is 11.1 Å². The molecule has 0 aliphatic heterocycles. The zero-order valence-electron chi connectivity index (χ0n) is 9.56. The molecule has 0 aliphatic carbocycles. The number of oxazole rings is 1. The largest absolute Gasteiger partial charge is 0.446 e. The molecule has 0 amide bonds. The van der Waals surface area contributed by atoms with Gasteiger partial charge in [0.15, 0.2) is 21.8 Å². The maximum atomic E-state index is 12.5. The minimum absolute atomic E-state index is 0.113. The van der Waals surface area contributed by atoms with E-state index in [2.05, 4.69) is 4.98 Å². The van der Waals surface area contributed by atoms with E-state index in [1.54, 1.807) is 0 Å². The normalized spacial score (nSPS) is 13.1. The van der Waals surface area contributed by atoms with Crippen molar-refractivity contribution in [3.05, 3.63) is 18.5 Å². The Morgan fingerprint density at radius 1 is 1.37 bits per heavy atom. The van der Waals surface area contributed by atoms with Crippen molar-refractivity contribution in [2.75, 3.05) is 5.75 Å². The lowest BCUT2D eigenvalue weighted by Gasteiger charge is -2.10. The van der Waals surface area contributed by atoms with E-state index in [1.165, 1.54) is 6.92 Å². The van der Waals surface area contributed by atoms with Crippen LogP contribution in [0.15, 0.2) is 32.7 Å². The fraction of sp³-hybridized carbons (Fsp3) is 0.300. The average Bonchev–Trinajstić information content (AvgIpc) is 2.72. The Balaban J connectivity index is 2.67. The molecule has 1 aromatic carbocycles. The molecule has 104 valence electrons. The summed E-state index contributed by atoms with van der Waals surface area (Å²) < 4.78 is 65.9. The number of halogens is 3. The summed E-state index contributed by atoms with van der Waals surface area (Å²) in [4.78, 5) is 2.96. The average molecular weight is 311 g/mol. The van der Waals surface area contributed by atoms with Gasteiger partial charge in [-0.1, -0.05) is 6.92 Å². The minimum Gasteiger partial charge on any atom is -0.443 e. The molecule has 9 heteroatoms. The summed E-state index contributed by atoms with van der Waals surface area (Å²) in [6.07, 6.45) is 1.05. The molecule has 2 aromatic rings. The number of rotatable bonds is 3. The van der Waals surface area contributed by atoms with E-state index in [0.29, 0.717) is 0 Å². The molecular weight excluding hydrogens is 303 g/mol. The first kappa shape index (κ1) is 14.2. The molecule has 0 saturated heterocycles. The summed E-state index contributed by atoms with van der Waals surface area (Å²) in [5.41, 5.74) is -4.26. The third-order valence-electron chi connectivity index (χ3n) is 2.34. The zero-order chi connectivity index (χ0) is 14.3. The van der Waals surface area contributed by atoms with Crippen LogP contribution in [-0.2, 0) is 9.84 Å². The van der Waals surface area contributed by atoms with Crippen molar-refractivity contribution in [1.82, 2.24) is 4.98 Å². The highest BCUT2D eigenvalue weighted by molar-refractivity contribution is 8.01. The highest BCUT2D eigenvalue weighted by atomic mass is 32.2. The second kappa shape index (κ2) is 4.71. The summed E-state index contributed by atoms with van der Waals surface area (Å²) in [6, 6.07) is 2.15. The second-order valence-electron chi connectivity index (χ2n) is 3.57. The smallest absolute Gasteiger partial charge is 0.443 e. The van der Waals surface area contributed by atoms with E-state index in [9.17, 15) is 21.6 Å². The van der Waals surface area contributed by atoms with Crippen molar-refractivity contribution in [2.45, 2.75) is 22.2 Å². The SMILES string of the molecule is CCS(=O)(=O)c1cc2ncoc2cc1SC(F)(F)F. The first-order valence-electron chi connectivity index (χ1n) is 5.08. The number of benzene rings is 1. The van der Waals surface area contributed by atoms with Crippen molar-refractivity contribution in [1.29, 1.82) is 0 Å². The van der Waals surface area contributed by atoms with Crippen molar-refractivity contribution >= 4 is 32.7 Å². The number of fused-ring (bicyclic) bond motifs is 1. The number of alkyl halides is 3. The number of thioether (sulfide) groups is 1. The van der Waals surface area contributed by atoms with Crippen molar-refractivity contribution in [3.63, 3.8) is 0 Å². The number of sulfone groups is 1. The molecule has 1 aromatic heterocycles. The zero-order valence-corrected chi connectivity index (χ0v) is 11.2. The van der Waals surface area contributed by atoms with Crippen LogP contribution in [0.2, 0.25) is 0 Å². The number of hydrogen-bond donors (Lipinski definition) is 0. The Hall–Kier alpha value is -1.22. The summed E-state index contributed by atoms with van der Waals surface area (Å²) in [6.45, 7) is 1.37. The Kier molecular flexibility index (Phi) is 3.52. The molecule has 0 bridgehead atoms. The van der Waals surface area contributed by atoms with Crippen LogP contribution in [0.1, 0.15) is 6.92 Å². The summed E-state index contributed by atoms with van der Waals surface area (Å²) >= 11 is -0.479. The minimum atomic E-state index is -4.58. The van der Waals surface area contributed by atoms with Crippen LogP contribution in [0.3, 0.4) is 0 Å². The van der Waals surface area contributed by atoms with E-state index in [-0.39, 0.29) is 21.7 Å². The maximum Gasteiger partial charge on any atom is 0.446 e. The molecule has 19 heavy (non-hydrogen) atoms. The van der Waals surface area contributed by atoms with Crippen LogP contribution in [0.4, 0.5) is 13.2 Å². The van der Waals surface area contributed by atoms with Gasteiger partial charge in [0.25, 0.3) is 0 Å². The van der Waals surface area contributed by atoms with Gasteiger partial charge in [-0.25, -0.2) is 13.4 Å². The molecule has 1 heterocycles. The van der Waals surface area contributed by atoms with E-state index in [1.807, 2.05) is 0 Å². The number of hydrogen-bond acceptors (Lipinski definition) is 5. The quantitative estimate of drug-likeness (QED) is 0.814. The van der Waals surface area contributed by atoms with Gasteiger partial charge in [0.1, 0.15) is 5.52 Å². The predicted octanol–water partition coefficient (Wildman–Crippen LogP) is 3.23. The van der Waals surface area contributed by atoms with E-state index in [0.717, 1.165) is 18.5 Å². The molecular formula is C10H8F3NO3S2. The summed E-state index contributed by atoms with van der Waals surface area (Å²) in [5.74, 6) is -0.290. The Labute approximate surface area is 110 Å². The van der Waals surface area contributed by atoms with Gasteiger partial charge in [-0.15, -0.1) is 0 Å². The molecule has 2 rings (SSSR count). The monoisotopic (exact) mass is 311 g/mol. The van der Waals surface area contributed by atoms with Crippen molar-refractivity contribution in [2.24, 2.45) is 0 Å². The molecule has 4 nitrogen and oxygen atoms in total. The van der Waals surface area contributed by atoms with E-state index < -0.39 is 32.0 Å². The van der Waals surface area contributed by atoms with Gasteiger partial charge in [-0.05, 0) is 23.9 Å². The second-order valence-corrected chi connectivity index (χ2v) is 6.92. The maximum absolute atomic E-state index is 12.5. The Bertz CT molecular complexity index is 706. The van der Waals surface area contributed by atoms with Gasteiger partial charge in [-0.2, -0.15) is 13.2 Å². The van der Waals surface area contributed by atoms with Gasteiger partial charge < -0.3 is 4.42 Å². The lowest BCUT2D eigenvalue weighted by molar-refractivity contribution is -0.0328. The van der Waals surface area contributed by atoms with Crippen LogP contribution in [0, 0.1) is 0 Å². The van der Waals surface area contributed by atoms with Gasteiger partial charge in [0, 0.05) is 4.90 Å². The van der Waals surface area contributed by atoms with Gasteiger partial charge in [-0.3, -0.25) is 0 Å². The molecule has 0 aliphatic rings. The topological polar surface area (TPSA) is 60.2 Å². The Morgan fingerprint density at radius 2 is 2.05 bits per heavy atom. The van der Waals surface area contributed by atoms with Gasteiger partial charge >= 0.3 is 5.51 Å². The fourth-order valence-corrected chi connectivity index (χ4v) is 3.52. The van der Waals surface area contributed by atoms with Crippen LogP contribution in [-0.4, -0.2) is 24.7 Å². The lowest BCUT2D eigenvalue weighted by atomic mass is 10.3.